The molecule has 1 aliphatic heterocycles. The Bertz CT molecular complexity index is 1430. The first kappa shape index (κ1) is 24.8. The molecule has 3 aromatic heterocycles. The molecule has 0 saturated heterocycles. The van der Waals surface area contributed by atoms with Crippen LogP contribution in [0.5, 0.6) is 0 Å². The lowest BCUT2D eigenvalue weighted by Gasteiger charge is -2.22. The summed E-state index contributed by atoms with van der Waals surface area (Å²) < 4.78 is 3.89. The molecular formula is C28H34N8O. The lowest BCUT2D eigenvalue weighted by Crippen LogP contribution is -2.30. The van der Waals surface area contributed by atoms with Crippen molar-refractivity contribution in [3.05, 3.63) is 71.4 Å². The second kappa shape index (κ2) is 9.89. The Kier molecular flexibility index (Phi) is 6.64. The van der Waals surface area contributed by atoms with Crippen molar-refractivity contribution in [1.82, 2.24) is 34.4 Å². The maximum absolute atomic E-state index is 12.7. The summed E-state index contributed by atoms with van der Waals surface area (Å²) >= 11 is 0. The number of aromatic nitrogens is 6. The summed E-state index contributed by atoms with van der Waals surface area (Å²) in [5.74, 6) is 1.61. The van der Waals surface area contributed by atoms with Crippen LogP contribution in [-0.4, -0.2) is 53.8 Å². The molecule has 0 unspecified atom stereocenters. The van der Waals surface area contributed by atoms with Crippen LogP contribution in [0, 0.1) is 6.92 Å². The maximum Gasteiger partial charge on any atom is 0.166 e. The van der Waals surface area contributed by atoms with Gasteiger partial charge in [-0.25, -0.2) is 9.97 Å². The van der Waals surface area contributed by atoms with Crippen LogP contribution in [0.25, 0.3) is 11.3 Å². The van der Waals surface area contributed by atoms with E-state index in [4.69, 9.17) is 0 Å². The molecule has 0 aliphatic carbocycles. The van der Waals surface area contributed by atoms with Crippen molar-refractivity contribution in [2.45, 2.75) is 59.2 Å². The number of fused-ring (bicyclic) bond motifs is 1. The van der Waals surface area contributed by atoms with E-state index in [9.17, 15) is 4.79 Å². The molecule has 4 aromatic rings. The Morgan fingerprint density at radius 3 is 2.68 bits per heavy atom. The quantitative estimate of drug-likeness (QED) is 0.372. The zero-order valence-electron chi connectivity index (χ0n) is 22.2. The summed E-state index contributed by atoms with van der Waals surface area (Å²) in [4.78, 5) is 23.9. The Morgan fingerprint density at radius 1 is 1.08 bits per heavy atom. The Balaban J connectivity index is 1.25. The molecule has 37 heavy (non-hydrogen) atoms. The topological polar surface area (TPSA) is 93.8 Å². The lowest BCUT2D eigenvalue weighted by atomic mass is 9.98. The number of hydrogen-bond donors (Lipinski definition) is 1. The van der Waals surface area contributed by atoms with Crippen molar-refractivity contribution in [3.63, 3.8) is 0 Å². The lowest BCUT2D eigenvalue weighted by molar-refractivity contribution is 0.0982. The monoisotopic (exact) mass is 498 g/mol. The molecule has 0 spiro atoms. The van der Waals surface area contributed by atoms with E-state index < -0.39 is 0 Å². The van der Waals surface area contributed by atoms with Crippen molar-refractivity contribution >= 4 is 17.4 Å². The molecule has 0 amide bonds. The van der Waals surface area contributed by atoms with Gasteiger partial charge in [-0.1, -0.05) is 12.1 Å². The molecule has 1 N–H and O–H groups in total. The number of nitrogens with one attached hydrogen (secondary N) is 1. The van der Waals surface area contributed by atoms with Gasteiger partial charge in [0.25, 0.3) is 0 Å². The molecule has 0 bridgehead atoms. The summed E-state index contributed by atoms with van der Waals surface area (Å²) in [5.41, 5.74) is 5.85. The third kappa shape index (κ3) is 5.61. The minimum Gasteiger partial charge on any atom is -0.323 e. The molecule has 0 saturated carbocycles. The number of aryl methyl sites for hydroxylation is 2. The average molecular weight is 499 g/mol. The first-order chi connectivity index (χ1) is 17.7. The van der Waals surface area contributed by atoms with Gasteiger partial charge in [0.05, 0.1) is 35.2 Å². The number of hydrogen-bond acceptors (Lipinski definition) is 7. The Hall–Kier alpha value is -3.85. The fraction of sp³-hybridized carbons (Fsp3) is 0.393. The van der Waals surface area contributed by atoms with Gasteiger partial charge >= 0.3 is 0 Å². The van der Waals surface area contributed by atoms with E-state index in [0.29, 0.717) is 24.2 Å². The van der Waals surface area contributed by atoms with Crippen LogP contribution in [0.4, 0.5) is 11.6 Å². The average Bonchev–Trinajstić information content (AvgIpc) is 3.50. The minimum absolute atomic E-state index is 0.109. The molecule has 1 aromatic carbocycles. The van der Waals surface area contributed by atoms with E-state index in [1.54, 1.807) is 12.5 Å². The largest absolute Gasteiger partial charge is 0.323 e. The highest BCUT2D eigenvalue weighted by Crippen LogP contribution is 2.25. The summed E-state index contributed by atoms with van der Waals surface area (Å²) in [6, 6.07) is 10.3. The molecule has 0 radical (unpaired) electrons. The number of carbonyl (C=O) groups is 1. The summed E-state index contributed by atoms with van der Waals surface area (Å²) in [5, 5.41) is 12.3. The van der Waals surface area contributed by atoms with Crippen molar-refractivity contribution in [2.75, 3.05) is 18.9 Å². The minimum atomic E-state index is -0.142. The van der Waals surface area contributed by atoms with Crippen LogP contribution >= 0.6 is 0 Å². The molecular weight excluding hydrogens is 464 g/mol. The number of Topliss-reactive ketones (excluding diaryl/α,β-unsaturated/α-hetero) is 1. The summed E-state index contributed by atoms with van der Waals surface area (Å²) in [6.45, 7) is 11.1. The summed E-state index contributed by atoms with van der Waals surface area (Å²) in [6.07, 6.45) is 6.21. The second-order valence-electron chi connectivity index (χ2n) is 10.8. The van der Waals surface area contributed by atoms with Gasteiger partial charge in [-0.15, -0.1) is 0 Å². The van der Waals surface area contributed by atoms with Gasteiger partial charge in [-0.2, -0.15) is 10.2 Å². The smallest absolute Gasteiger partial charge is 0.166 e. The fourth-order valence-corrected chi connectivity index (χ4v) is 4.54. The summed E-state index contributed by atoms with van der Waals surface area (Å²) in [7, 11) is 2.12. The van der Waals surface area contributed by atoms with Gasteiger partial charge in [-0.05, 0) is 58.4 Å². The van der Waals surface area contributed by atoms with Crippen LogP contribution in [0.15, 0.2) is 49.1 Å². The van der Waals surface area contributed by atoms with E-state index >= 15 is 0 Å². The van der Waals surface area contributed by atoms with Gasteiger partial charge in [0.2, 0.25) is 0 Å². The highest BCUT2D eigenvalue weighted by Gasteiger charge is 2.18. The molecule has 0 fully saturated rings. The van der Waals surface area contributed by atoms with E-state index in [0.717, 1.165) is 47.8 Å². The van der Waals surface area contributed by atoms with Gasteiger partial charge in [-0.3, -0.25) is 19.1 Å². The molecule has 9 nitrogen and oxygen atoms in total. The number of anilines is 2. The highest BCUT2D eigenvalue weighted by atomic mass is 16.1. The zero-order chi connectivity index (χ0) is 26.2. The zero-order valence-corrected chi connectivity index (χ0v) is 22.2. The standard InChI is InChI=1S/C28H34N8O/c1-19-12-21(7-6-20(19)8-9-25(37)22-15-31-36(16-22)28(2,3)4)24-14-26(30-18-29-24)32-27-13-23-17-34(5)10-11-35(23)33-27/h6-7,12-16,18H,8-11,17H2,1-5H3,(H,29,30,32,33). The number of nitrogens with zero attached hydrogens (tertiary/aromatic N) is 7. The first-order valence-electron chi connectivity index (χ1n) is 12.7. The molecule has 192 valence electrons. The van der Waals surface area contributed by atoms with Crippen LogP contribution in [0.2, 0.25) is 0 Å². The number of ketones is 1. The SMILES string of the molecule is Cc1cc(-c2cc(Nc3cc4n(n3)CCN(C)C4)ncn2)ccc1CCC(=O)c1cnn(C(C)(C)C)c1. The Morgan fingerprint density at radius 2 is 1.92 bits per heavy atom. The molecule has 0 atom stereocenters. The van der Waals surface area contributed by atoms with Crippen LogP contribution in [-0.2, 0) is 25.0 Å². The van der Waals surface area contributed by atoms with E-state index in [1.165, 1.54) is 5.69 Å². The molecule has 1 aliphatic rings. The maximum atomic E-state index is 12.7. The third-order valence-corrected chi connectivity index (χ3v) is 6.76. The van der Waals surface area contributed by atoms with Crippen LogP contribution < -0.4 is 5.32 Å². The number of likely N-dealkylation sites (N-methyl/N-ethyl adjacent to an activating group) is 1. The Labute approximate surface area is 217 Å². The van der Waals surface area contributed by atoms with Crippen LogP contribution in [0.3, 0.4) is 0 Å². The van der Waals surface area contributed by atoms with Crippen molar-refractivity contribution in [2.24, 2.45) is 0 Å². The predicted octanol–water partition coefficient (Wildman–Crippen LogP) is 4.60. The third-order valence-electron chi connectivity index (χ3n) is 6.76. The van der Waals surface area contributed by atoms with Gasteiger partial charge < -0.3 is 5.32 Å². The van der Waals surface area contributed by atoms with E-state index in [2.05, 4.69) is 89.4 Å². The fourth-order valence-electron chi connectivity index (χ4n) is 4.54. The normalized spacial score (nSPS) is 14.0. The second-order valence-corrected chi connectivity index (χ2v) is 10.8. The molecule has 5 rings (SSSR count). The van der Waals surface area contributed by atoms with Gasteiger partial charge in [0, 0.05) is 43.4 Å². The molecule has 4 heterocycles. The number of carbonyl (C=O) groups excluding carboxylic acids is 1. The number of benzene rings is 1. The van der Waals surface area contributed by atoms with Crippen LogP contribution in [0.1, 0.15) is 54.4 Å². The number of rotatable bonds is 7. The van der Waals surface area contributed by atoms with Crippen molar-refractivity contribution in [3.8, 4) is 11.3 Å². The van der Waals surface area contributed by atoms with Gasteiger partial charge in [0.1, 0.15) is 12.1 Å². The van der Waals surface area contributed by atoms with Gasteiger partial charge in [0.15, 0.2) is 11.6 Å². The van der Waals surface area contributed by atoms with Crippen molar-refractivity contribution in [1.29, 1.82) is 0 Å². The van der Waals surface area contributed by atoms with E-state index in [-0.39, 0.29) is 11.3 Å². The molecule has 9 heteroatoms. The van der Waals surface area contributed by atoms with Crippen molar-refractivity contribution < 1.29 is 4.79 Å². The predicted molar refractivity (Wildman–Crippen MR) is 144 cm³/mol. The van der Waals surface area contributed by atoms with E-state index in [1.807, 2.05) is 21.6 Å². The first-order valence-corrected chi connectivity index (χ1v) is 12.7. The highest BCUT2D eigenvalue weighted by molar-refractivity contribution is 5.95.